The van der Waals surface area contributed by atoms with Crippen LogP contribution in [0.4, 0.5) is 0 Å². The fraction of sp³-hybridized carbons (Fsp3) is 0.800. The highest BCUT2D eigenvalue weighted by Crippen LogP contribution is 2.32. The molecule has 1 amide bonds. The number of nitrogens with zero attached hydrogens (tertiary/aromatic N) is 1. The van der Waals surface area contributed by atoms with Crippen LogP contribution in [0.25, 0.3) is 0 Å². The van der Waals surface area contributed by atoms with E-state index in [0.717, 1.165) is 13.1 Å². The van der Waals surface area contributed by atoms with Gasteiger partial charge in [0.05, 0.1) is 10.4 Å². The molecule has 2 N–H and O–H groups in total. The van der Waals surface area contributed by atoms with Crippen LogP contribution in [0.3, 0.4) is 0 Å². The third-order valence-corrected chi connectivity index (χ3v) is 3.19. The molecule has 1 rings (SSSR count). The van der Waals surface area contributed by atoms with E-state index in [1.807, 2.05) is 4.90 Å². The van der Waals surface area contributed by atoms with Crippen molar-refractivity contribution in [1.82, 2.24) is 4.90 Å². The second-order valence-corrected chi connectivity index (χ2v) is 5.75. The topological polar surface area (TPSA) is 46.3 Å². The zero-order valence-electron chi connectivity index (χ0n) is 9.26. The highest BCUT2D eigenvalue weighted by Gasteiger charge is 2.43. The molecule has 0 aromatic carbocycles. The molecule has 0 radical (unpaired) electrons. The van der Waals surface area contributed by atoms with E-state index in [0.29, 0.717) is 0 Å². The van der Waals surface area contributed by atoms with Crippen molar-refractivity contribution in [2.75, 3.05) is 13.1 Å². The van der Waals surface area contributed by atoms with Crippen LogP contribution in [0.5, 0.6) is 0 Å². The SMILES string of the molecule is CC1(C)CN(C(=O)C(C)(C)C(N)=S)C1. The summed E-state index contributed by atoms with van der Waals surface area (Å²) in [6.45, 7) is 9.46. The van der Waals surface area contributed by atoms with E-state index in [-0.39, 0.29) is 16.3 Å². The van der Waals surface area contributed by atoms with Gasteiger partial charge < -0.3 is 10.6 Å². The van der Waals surface area contributed by atoms with Gasteiger partial charge in [-0.2, -0.15) is 0 Å². The minimum absolute atomic E-state index is 0.0457. The maximum atomic E-state index is 11.9. The number of hydrogen-bond donors (Lipinski definition) is 1. The Kier molecular flexibility index (Phi) is 2.61. The number of thiocarbonyl (C=S) groups is 1. The van der Waals surface area contributed by atoms with Gasteiger partial charge in [-0.05, 0) is 19.3 Å². The predicted octanol–water partition coefficient (Wildman–Crippen LogP) is 1.17. The van der Waals surface area contributed by atoms with E-state index in [1.165, 1.54) is 0 Å². The molecule has 0 aromatic rings. The molecular formula is C10H18N2OS. The third-order valence-electron chi connectivity index (χ3n) is 2.68. The maximum absolute atomic E-state index is 11.9. The van der Waals surface area contributed by atoms with E-state index >= 15 is 0 Å². The largest absolute Gasteiger partial charge is 0.392 e. The van der Waals surface area contributed by atoms with Crippen molar-refractivity contribution in [3.8, 4) is 0 Å². The lowest BCUT2D eigenvalue weighted by Crippen LogP contribution is -2.60. The van der Waals surface area contributed by atoms with Crippen molar-refractivity contribution in [2.45, 2.75) is 27.7 Å². The van der Waals surface area contributed by atoms with Crippen LogP contribution >= 0.6 is 12.2 Å². The van der Waals surface area contributed by atoms with Gasteiger partial charge in [0.1, 0.15) is 0 Å². The quantitative estimate of drug-likeness (QED) is 0.702. The van der Waals surface area contributed by atoms with Gasteiger partial charge in [-0.25, -0.2) is 0 Å². The van der Waals surface area contributed by atoms with Gasteiger partial charge in [-0.15, -0.1) is 0 Å². The molecule has 0 bridgehead atoms. The second-order valence-electron chi connectivity index (χ2n) is 5.31. The highest BCUT2D eigenvalue weighted by molar-refractivity contribution is 7.80. The predicted molar refractivity (Wildman–Crippen MR) is 60.9 cm³/mol. The second kappa shape index (κ2) is 3.19. The van der Waals surface area contributed by atoms with Crippen molar-refractivity contribution in [3.63, 3.8) is 0 Å². The van der Waals surface area contributed by atoms with Gasteiger partial charge in [-0.3, -0.25) is 4.79 Å². The maximum Gasteiger partial charge on any atom is 0.235 e. The molecule has 0 spiro atoms. The molecule has 3 nitrogen and oxygen atoms in total. The Bertz CT molecular complexity index is 276. The average molecular weight is 214 g/mol. The number of nitrogens with two attached hydrogens (primary N) is 1. The zero-order valence-corrected chi connectivity index (χ0v) is 10.1. The number of hydrogen-bond acceptors (Lipinski definition) is 2. The first-order valence-electron chi connectivity index (χ1n) is 4.76. The van der Waals surface area contributed by atoms with Crippen molar-refractivity contribution in [1.29, 1.82) is 0 Å². The highest BCUT2D eigenvalue weighted by atomic mass is 32.1. The van der Waals surface area contributed by atoms with E-state index in [4.69, 9.17) is 18.0 Å². The Morgan fingerprint density at radius 1 is 1.43 bits per heavy atom. The van der Waals surface area contributed by atoms with Crippen LogP contribution in [0, 0.1) is 10.8 Å². The molecule has 1 heterocycles. The lowest BCUT2D eigenvalue weighted by Gasteiger charge is -2.48. The van der Waals surface area contributed by atoms with Crippen molar-refractivity contribution in [3.05, 3.63) is 0 Å². The summed E-state index contributed by atoms with van der Waals surface area (Å²) in [6.07, 6.45) is 0. The van der Waals surface area contributed by atoms with Crippen LogP contribution in [0.15, 0.2) is 0 Å². The smallest absolute Gasteiger partial charge is 0.235 e. The molecule has 1 aliphatic rings. The van der Waals surface area contributed by atoms with Crippen LogP contribution < -0.4 is 5.73 Å². The summed E-state index contributed by atoms with van der Waals surface area (Å²) in [5, 5.41) is 0. The fourth-order valence-corrected chi connectivity index (χ4v) is 1.72. The Labute approximate surface area is 90.6 Å². The molecule has 0 saturated carbocycles. The van der Waals surface area contributed by atoms with E-state index in [9.17, 15) is 4.79 Å². The average Bonchev–Trinajstić information content (AvgIpc) is 1.98. The zero-order chi connectivity index (χ0) is 11.1. The van der Waals surface area contributed by atoms with Crippen molar-refractivity contribution < 1.29 is 4.79 Å². The standard InChI is InChI=1S/C10H18N2OS/c1-9(2)5-12(6-9)8(13)10(3,4)7(11)14/h5-6H2,1-4H3,(H2,11,14). The summed E-state index contributed by atoms with van der Waals surface area (Å²) in [7, 11) is 0. The summed E-state index contributed by atoms with van der Waals surface area (Å²) >= 11 is 4.89. The van der Waals surface area contributed by atoms with Gasteiger partial charge in [0, 0.05) is 13.1 Å². The third kappa shape index (κ3) is 1.90. The minimum atomic E-state index is -0.703. The normalized spacial score (nSPS) is 20.1. The Balaban J connectivity index is 2.65. The molecule has 0 unspecified atom stereocenters. The fourth-order valence-electron chi connectivity index (χ4n) is 1.63. The van der Waals surface area contributed by atoms with Gasteiger partial charge in [0.15, 0.2) is 0 Å². The Morgan fingerprint density at radius 2 is 1.86 bits per heavy atom. The summed E-state index contributed by atoms with van der Waals surface area (Å²) in [4.78, 5) is 14.0. The van der Waals surface area contributed by atoms with Crippen LogP contribution in [-0.2, 0) is 4.79 Å². The van der Waals surface area contributed by atoms with E-state index < -0.39 is 5.41 Å². The minimum Gasteiger partial charge on any atom is -0.392 e. The summed E-state index contributed by atoms with van der Waals surface area (Å²) in [6, 6.07) is 0. The van der Waals surface area contributed by atoms with Gasteiger partial charge in [0.25, 0.3) is 0 Å². The Morgan fingerprint density at radius 3 is 2.14 bits per heavy atom. The van der Waals surface area contributed by atoms with Gasteiger partial charge in [-0.1, -0.05) is 26.1 Å². The number of likely N-dealkylation sites (tertiary alicyclic amines) is 1. The van der Waals surface area contributed by atoms with Crippen LogP contribution in [0.1, 0.15) is 27.7 Å². The summed E-state index contributed by atoms with van der Waals surface area (Å²) in [5.41, 5.74) is 5.09. The first-order valence-corrected chi connectivity index (χ1v) is 5.17. The van der Waals surface area contributed by atoms with Crippen LogP contribution in [0.2, 0.25) is 0 Å². The molecule has 4 heteroatoms. The molecular weight excluding hydrogens is 196 g/mol. The van der Waals surface area contributed by atoms with Crippen molar-refractivity contribution in [2.24, 2.45) is 16.6 Å². The molecule has 80 valence electrons. The number of carbonyl (C=O) groups excluding carboxylic acids is 1. The summed E-state index contributed by atoms with van der Waals surface area (Å²) < 4.78 is 0. The van der Waals surface area contributed by atoms with E-state index in [1.54, 1.807) is 13.8 Å². The van der Waals surface area contributed by atoms with Crippen LogP contribution in [-0.4, -0.2) is 28.9 Å². The van der Waals surface area contributed by atoms with E-state index in [2.05, 4.69) is 13.8 Å². The molecule has 1 aliphatic heterocycles. The first-order chi connectivity index (χ1) is 6.17. The number of rotatable bonds is 2. The molecule has 0 aliphatic carbocycles. The Hall–Kier alpha value is -0.640. The molecule has 14 heavy (non-hydrogen) atoms. The molecule has 0 atom stereocenters. The number of carbonyl (C=O) groups is 1. The monoisotopic (exact) mass is 214 g/mol. The lowest BCUT2D eigenvalue weighted by atomic mass is 9.81. The summed E-state index contributed by atoms with van der Waals surface area (Å²) in [5.74, 6) is 0.0457. The molecule has 1 saturated heterocycles. The molecule has 1 fully saturated rings. The lowest BCUT2D eigenvalue weighted by molar-refractivity contribution is -0.147. The van der Waals surface area contributed by atoms with Crippen molar-refractivity contribution >= 4 is 23.1 Å². The number of amides is 1. The first kappa shape index (κ1) is 11.4. The van der Waals surface area contributed by atoms with Gasteiger partial charge in [0.2, 0.25) is 5.91 Å². The molecule has 0 aromatic heterocycles. The van der Waals surface area contributed by atoms with Gasteiger partial charge >= 0.3 is 0 Å².